The zero-order valence-electron chi connectivity index (χ0n) is 3.21. The summed E-state index contributed by atoms with van der Waals surface area (Å²) in [6.07, 6.45) is 0. The lowest BCUT2D eigenvalue weighted by molar-refractivity contribution is -0.159. The Kier molecular flexibility index (Phi) is 11.6. The van der Waals surface area contributed by atoms with E-state index in [0.717, 1.165) is 0 Å². The molecule has 0 radical (unpaired) electrons. The van der Waals surface area contributed by atoms with Crippen LogP contribution in [0.25, 0.3) is 0 Å². The van der Waals surface area contributed by atoms with Gasteiger partial charge >= 0.3 is 11.9 Å². The third-order valence-corrected chi connectivity index (χ3v) is 0.183. The van der Waals surface area contributed by atoms with Crippen molar-refractivity contribution in [3.63, 3.8) is 0 Å². The van der Waals surface area contributed by atoms with Crippen molar-refractivity contribution in [2.24, 2.45) is 0 Å². The molecule has 0 rings (SSSR count). The molecule has 5 nitrogen and oxygen atoms in total. The Morgan fingerprint density at radius 2 is 1.12 bits per heavy atom. The highest BCUT2D eigenvalue weighted by Crippen LogP contribution is 1.56. The van der Waals surface area contributed by atoms with Crippen LogP contribution in [-0.4, -0.2) is 27.6 Å². The smallest absolute Gasteiger partial charge is 0.414 e. The number of carbonyl (C=O) groups is 2. The zero-order valence-corrected chi connectivity index (χ0v) is 3.21. The molecule has 0 aromatic heterocycles. The first-order valence-corrected chi connectivity index (χ1v) is 1.11. The molecule has 0 amide bonds. The van der Waals surface area contributed by atoms with Crippen molar-refractivity contribution in [3.05, 3.63) is 0 Å². The van der Waals surface area contributed by atoms with Gasteiger partial charge in [0.25, 0.3) is 0 Å². The highest BCUT2D eigenvalue weighted by Gasteiger charge is 2.04. The van der Waals surface area contributed by atoms with Gasteiger partial charge in [-0.2, -0.15) is 0 Å². The van der Waals surface area contributed by atoms with E-state index in [1.54, 1.807) is 0 Å². The van der Waals surface area contributed by atoms with Crippen LogP contribution in [-0.2, 0) is 9.59 Å². The molecule has 4 N–H and O–H groups in total. The predicted molar refractivity (Wildman–Crippen MR) is 25.6 cm³/mol. The quantitative estimate of drug-likeness (QED) is 0.402. The van der Waals surface area contributed by atoms with Crippen LogP contribution in [0.1, 0.15) is 7.43 Å². The molecule has 0 atom stereocenters. The average molecular weight is 124 g/mol. The number of carboxylic acid groups (broad SMARTS) is 2. The third-order valence-electron chi connectivity index (χ3n) is 0.183. The first-order valence-electron chi connectivity index (χ1n) is 1.11. The van der Waals surface area contributed by atoms with E-state index in [4.69, 9.17) is 19.8 Å². The molecule has 50 valence electrons. The minimum atomic E-state index is -1.82. The minimum absolute atomic E-state index is 0. The summed E-state index contributed by atoms with van der Waals surface area (Å²) in [5.74, 6) is -3.65. The highest BCUT2D eigenvalue weighted by molar-refractivity contribution is 6.27. The van der Waals surface area contributed by atoms with Crippen molar-refractivity contribution >= 4 is 11.9 Å². The van der Waals surface area contributed by atoms with Gasteiger partial charge in [0.15, 0.2) is 0 Å². The van der Waals surface area contributed by atoms with Gasteiger partial charge in [0, 0.05) is 0 Å². The molecule has 0 aliphatic heterocycles. The summed E-state index contributed by atoms with van der Waals surface area (Å²) in [7, 11) is 0. The lowest BCUT2D eigenvalue weighted by atomic mass is 10.7. The Morgan fingerprint density at radius 3 is 1.12 bits per heavy atom. The molecule has 0 saturated carbocycles. The SMILES string of the molecule is C.O.O=C(O)C(=O)O. The summed E-state index contributed by atoms with van der Waals surface area (Å²) in [6, 6.07) is 0. The van der Waals surface area contributed by atoms with Gasteiger partial charge in [-0.1, -0.05) is 7.43 Å². The monoisotopic (exact) mass is 124 g/mol. The van der Waals surface area contributed by atoms with Gasteiger partial charge in [0.1, 0.15) is 0 Å². The topological polar surface area (TPSA) is 106 Å². The summed E-state index contributed by atoms with van der Waals surface area (Å²) >= 11 is 0. The molecular formula is C3H8O5. The van der Waals surface area contributed by atoms with E-state index in [0.29, 0.717) is 0 Å². The third kappa shape index (κ3) is 8.86. The van der Waals surface area contributed by atoms with E-state index in [-0.39, 0.29) is 12.9 Å². The van der Waals surface area contributed by atoms with Crippen LogP contribution in [0.5, 0.6) is 0 Å². The molecule has 0 heterocycles. The fraction of sp³-hybridized carbons (Fsp3) is 0.333. The summed E-state index contributed by atoms with van der Waals surface area (Å²) in [4.78, 5) is 18.2. The fourth-order valence-corrected chi connectivity index (χ4v) is 0. The zero-order chi connectivity index (χ0) is 5.15. The number of rotatable bonds is 0. The van der Waals surface area contributed by atoms with Crippen molar-refractivity contribution < 1.29 is 25.3 Å². The number of hydrogen-bond acceptors (Lipinski definition) is 2. The largest absolute Gasteiger partial charge is 0.473 e. The van der Waals surface area contributed by atoms with E-state index < -0.39 is 11.9 Å². The molecule has 0 aliphatic carbocycles. The van der Waals surface area contributed by atoms with Crippen molar-refractivity contribution in [1.29, 1.82) is 0 Å². The summed E-state index contributed by atoms with van der Waals surface area (Å²) in [6.45, 7) is 0. The molecule has 0 spiro atoms. The Morgan fingerprint density at radius 1 is 1.00 bits per heavy atom. The average Bonchev–Trinajstić information content (AvgIpc) is 1.36. The van der Waals surface area contributed by atoms with Crippen molar-refractivity contribution in [2.45, 2.75) is 7.43 Å². The van der Waals surface area contributed by atoms with Crippen LogP contribution in [0.3, 0.4) is 0 Å². The first kappa shape index (κ1) is 15.8. The fourth-order valence-electron chi connectivity index (χ4n) is 0. The Hall–Kier alpha value is -1.10. The van der Waals surface area contributed by atoms with Crippen molar-refractivity contribution in [2.75, 3.05) is 0 Å². The number of hydrogen-bond donors (Lipinski definition) is 2. The second-order valence-electron chi connectivity index (χ2n) is 0.610. The summed E-state index contributed by atoms with van der Waals surface area (Å²) < 4.78 is 0. The summed E-state index contributed by atoms with van der Waals surface area (Å²) in [5, 5.41) is 14.8. The van der Waals surface area contributed by atoms with Crippen LogP contribution in [0.2, 0.25) is 0 Å². The molecule has 0 aromatic rings. The van der Waals surface area contributed by atoms with Gasteiger partial charge in [-0.25, -0.2) is 9.59 Å². The van der Waals surface area contributed by atoms with Gasteiger partial charge in [0.2, 0.25) is 0 Å². The van der Waals surface area contributed by atoms with Crippen molar-refractivity contribution in [1.82, 2.24) is 0 Å². The number of carboxylic acids is 2. The second kappa shape index (κ2) is 5.90. The standard InChI is InChI=1S/C2H2O4.CH4.H2O/c3-1(4)2(5)6;;/h(H,3,4)(H,5,6);1H4;1H2. The molecule has 0 aromatic carbocycles. The maximum atomic E-state index is 9.10. The van der Waals surface area contributed by atoms with Gasteiger partial charge in [-0.15, -0.1) is 0 Å². The second-order valence-corrected chi connectivity index (χ2v) is 0.610. The summed E-state index contributed by atoms with van der Waals surface area (Å²) in [5.41, 5.74) is 0. The van der Waals surface area contributed by atoms with Crippen LogP contribution >= 0.6 is 0 Å². The number of aliphatic carboxylic acids is 2. The maximum Gasteiger partial charge on any atom is 0.414 e. The van der Waals surface area contributed by atoms with Crippen LogP contribution in [0.4, 0.5) is 0 Å². The lowest BCUT2D eigenvalue weighted by Crippen LogP contribution is -2.09. The Balaban J connectivity index is -0.000000125. The molecular weight excluding hydrogens is 116 g/mol. The highest BCUT2D eigenvalue weighted by atomic mass is 16.4. The predicted octanol–water partition coefficient (Wildman–Crippen LogP) is -1.03. The molecule has 8 heavy (non-hydrogen) atoms. The molecule has 0 fully saturated rings. The van der Waals surface area contributed by atoms with Gasteiger partial charge < -0.3 is 15.7 Å². The molecule has 0 aliphatic rings. The molecule has 5 heteroatoms. The Bertz CT molecular complexity index is 73.7. The Labute approximate surface area is 45.9 Å². The van der Waals surface area contributed by atoms with Gasteiger partial charge in [-0.05, 0) is 0 Å². The van der Waals surface area contributed by atoms with E-state index in [2.05, 4.69) is 0 Å². The van der Waals surface area contributed by atoms with E-state index in [9.17, 15) is 0 Å². The van der Waals surface area contributed by atoms with Crippen LogP contribution < -0.4 is 0 Å². The van der Waals surface area contributed by atoms with Crippen molar-refractivity contribution in [3.8, 4) is 0 Å². The van der Waals surface area contributed by atoms with Gasteiger partial charge in [0.05, 0.1) is 0 Å². The van der Waals surface area contributed by atoms with E-state index in [1.807, 2.05) is 0 Å². The van der Waals surface area contributed by atoms with Crippen LogP contribution in [0, 0.1) is 0 Å². The van der Waals surface area contributed by atoms with Crippen LogP contribution in [0.15, 0.2) is 0 Å². The van der Waals surface area contributed by atoms with E-state index >= 15 is 0 Å². The minimum Gasteiger partial charge on any atom is -0.473 e. The van der Waals surface area contributed by atoms with Gasteiger partial charge in [-0.3, -0.25) is 0 Å². The lowest BCUT2D eigenvalue weighted by Gasteiger charge is -1.72. The molecule has 0 saturated heterocycles. The van der Waals surface area contributed by atoms with E-state index in [1.165, 1.54) is 0 Å². The molecule has 0 unspecified atom stereocenters. The normalized spacial score (nSPS) is 5.50. The maximum absolute atomic E-state index is 9.10. The molecule has 0 bridgehead atoms. The first-order chi connectivity index (χ1) is 2.64.